The first kappa shape index (κ1) is 15.1. The van der Waals surface area contributed by atoms with Crippen molar-refractivity contribution >= 4 is 27.2 Å². The van der Waals surface area contributed by atoms with Crippen LogP contribution in [0.2, 0.25) is 0 Å². The SMILES string of the molecule is Cc1cc(C(N)=S)ccc1S(=O)(=O)N(C)C(C)C. The molecule has 0 amide bonds. The molecule has 0 bridgehead atoms. The number of aryl methyl sites for hydroxylation is 1. The number of rotatable bonds is 4. The Morgan fingerprint density at radius 2 is 1.94 bits per heavy atom. The Morgan fingerprint density at radius 1 is 1.39 bits per heavy atom. The molecule has 0 fully saturated rings. The van der Waals surface area contributed by atoms with Crippen molar-refractivity contribution in [2.75, 3.05) is 7.05 Å². The first-order chi connectivity index (χ1) is 8.17. The normalized spacial score (nSPS) is 12.1. The van der Waals surface area contributed by atoms with Crippen molar-refractivity contribution in [2.45, 2.75) is 31.7 Å². The van der Waals surface area contributed by atoms with Gasteiger partial charge in [-0.2, -0.15) is 4.31 Å². The lowest BCUT2D eigenvalue weighted by Crippen LogP contribution is -2.33. The van der Waals surface area contributed by atoms with Crippen LogP contribution in [0.25, 0.3) is 0 Å². The third-order valence-electron chi connectivity index (χ3n) is 2.84. The fraction of sp³-hybridized carbons (Fsp3) is 0.417. The standard InChI is InChI=1S/C12H18N2O2S2/c1-8(2)14(4)18(15,16)11-6-5-10(12(13)17)7-9(11)3/h5-8H,1-4H3,(H2,13,17). The maximum atomic E-state index is 12.3. The molecule has 0 aliphatic carbocycles. The molecule has 0 radical (unpaired) electrons. The van der Waals surface area contributed by atoms with Gasteiger partial charge in [0.1, 0.15) is 4.99 Å². The number of sulfonamides is 1. The Labute approximate surface area is 114 Å². The average Bonchev–Trinajstić information content (AvgIpc) is 2.27. The minimum absolute atomic E-state index is 0.0929. The molecule has 0 heterocycles. The van der Waals surface area contributed by atoms with Gasteiger partial charge < -0.3 is 5.73 Å². The number of hydrogen-bond acceptors (Lipinski definition) is 3. The largest absolute Gasteiger partial charge is 0.389 e. The van der Waals surface area contributed by atoms with Crippen molar-refractivity contribution in [3.63, 3.8) is 0 Å². The van der Waals surface area contributed by atoms with Crippen LogP contribution in [0.5, 0.6) is 0 Å². The Balaban J connectivity index is 3.31. The van der Waals surface area contributed by atoms with E-state index in [0.717, 1.165) is 0 Å². The molecule has 0 aromatic heterocycles. The van der Waals surface area contributed by atoms with Crippen LogP contribution in [0, 0.1) is 6.92 Å². The Hall–Kier alpha value is -0.980. The van der Waals surface area contributed by atoms with Crippen molar-refractivity contribution in [3.8, 4) is 0 Å². The molecule has 1 aromatic rings. The molecule has 0 spiro atoms. The summed E-state index contributed by atoms with van der Waals surface area (Å²) in [6.45, 7) is 5.40. The van der Waals surface area contributed by atoms with Crippen molar-refractivity contribution in [2.24, 2.45) is 5.73 Å². The third kappa shape index (κ3) is 2.88. The van der Waals surface area contributed by atoms with Gasteiger partial charge in [-0.3, -0.25) is 0 Å². The molecule has 0 unspecified atom stereocenters. The van der Waals surface area contributed by atoms with Crippen LogP contribution in [0.15, 0.2) is 23.1 Å². The highest BCUT2D eigenvalue weighted by Crippen LogP contribution is 2.21. The molecule has 18 heavy (non-hydrogen) atoms. The predicted molar refractivity (Wildman–Crippen MR) is 77.2 cm³/mol. The zero-order valence-electron chi connectivity index (χ0n) is 11.0. The Bertz CT molecular complexity index is 565. The zero-order chi connectivity index (χ0) is 14.1. The second-order valence-electron chi connectivity index (χ2n) is 4.46. The van der Waals surface area contributed by atoms with E-state index in [1.54, 1.807) is 32.2 Å². The van der Waals surface area contributed by atoms with Crippen molar-refractivity contribution in [1.29, 1.82) is 0 Å². The number of nitrogens with two attached hydrogens (primary N) is 1. The van der Waals surface area contributed by atoms with Crippen molar-refractivity contribution in [1.82, 2.24) is 4.31 Å². The average molecular weight is 286 g/mol. The van der Waals surface area contributed by atoms with Gasteiger partial charge in [0, 0.05) is 18.7 Å². The number of hydrogen-bond donors (Lipinski definition) is 1. The first-order valence-electron chi connectivity index (χ1n) is 5.56. The van der Waals surface area contributed by atoms with Gasteiger partial charge in [0.15, 0.2) is 0 Å². The van der Waals surface area contributed by atoms with E-state index in [0.29, 0.717) is 16.0 Å². The second-order valence-corrected chi connectivity index (χ2v) is 6.87. The van der Waals surface area contributed by atoms with Gasteiger partial charge in [-0.25, -0.2) is 8.42 Å². The monoisotopic (exact) mass is 286 g/mol. The lowest BCUT2D eigenvalue weighted by Gasteiger charge is -2.22. The van der Waals surface area contributed by atoms with Gasteiger partial charge in [-0.1, -0.05) is 18.3 Å². The van der Waals surface area contributed by atoms with E-state index >= 15 is 0 Å². The minimum Gasteiger partial charge on any atom is -0.389 e. The lowest BCUT2D eigenvalue weighted by atomic mass is 10.1. The number of nitrogens with zero attached hydrogens (tertiary/aromatic N) is 1. The summed E-state index contributed by atoms with van der Waals surface area (Å²) in [6.07, 6.45) is 0. The molecule has 0 saturated heterocycles. The van der Waals surface area contributed by atoms with E-state index in [9.17, 15) is 8.42 Å². The van der Waals surface area contributed by atoms with Crippen LogP contribution in [0.4, 0.5) is 0 Å². The maximum Gasteiger partial charge on any atom is 0.243 e. The summed E-state index contributed by atoms with van der Waals surface area (Å²) in [6, 6.07) is 4.79. The lowest BCUT2D eigenvalue weighted by molar-refractivity contribution is 0.410. The van der Waals surface area contributed by atoms with Crippen LogP contribution < -0.4 is 5.73 Å². The molecule has 1 rings (SSSR count). The van der Waals surface area contributed by atoms with E-state index in [1.807, 2.05) is 13.8 Å². The summed E-state index contributed by atoms with van der Waals surface area (Å²) >= 11 is 4.87. The molecular weight excluding hydrogens is 268 g/mol. The van der Waals surface area contributed by atoms with E-state index < -0.39 is 10.0 Å². The van der Waals surface area contributed by atoms with Gasteiger partial charge in [-0.05, 0) is 38.5 Å². The molecule has 4 nitrogen and oxygen atoms in total. The van der Waals surface area contributed by atoms with Gasteiger partial charge in [0.25, 0.3) is 0 Å². The summed E-state index contributed by atoms with van der Waals surface area (Å²) in [5.41, 5.74) is 6.84. The topological polar surface area (TPSA) is 63.4 Å². The van der Waals surface area contributed by atoms with E-state index in [2.05, 4.69) is 0 Å². The molecule has 100 valence electrons. The van der Waals surface area contributed by atoms with Crippen molar-refractivity contribution < 1.29 is 8.42 Å². The summed E-state index contributed by atoms with van der Waals surface area (Å²) in [4.78, 5) is 0.554. The van der Waals surface area contributed by atoms with Gasteiger partial charge >= 0.3 is 0 Å². The van der Waals surface area contributed by atoms with Gasteiger partial charge in [-0.15, -0.1) is 0 Å². The van der Waals surface area contributed by atoms with E-state index in [1.165, 1.54) is 4.31 Å². The van der Waals surface area contributed by atoms with Crippen LogP contribution >= 0.6 is 12.2 Å². The number of thiocarbonyl (C=S) groups is 1. The molecule has 0 aliphatic rings. The fourth-order valence-electron chi connectivity index (χ4n) is 1.52. The van der Waals surface area contributed by atoms with E-state index in [-0.39, 0.29) is 11.0 Å². The summed E-state index contributed by atoms with van der Waals surface area (Å²) in [5, 5.41) is 0. The molecule has 6 heteroatoms. The molecule has 2 N–H and O–H groups in total. The third-order valence-corrected chi connectivity index (χ3v) is 5.27. The fourth-order valence-corrected chi connectivity index (χ4v) is 3.22. The zero-order valence-corrected chi connectivity index (χ0v) is 12.6. The minimum atomic E-state index is -3.46. The summed E-state index contributed by atoms with van der Waals surface area (Å²) < 4.78 is 26.0. The second kappa shape index (κ2) is 5.34. The molecule has 1 aromatic carbocycles. The van der Waals surface area contributed by atoms with Crippen LogP contribution in [-0.2, 0) is 10.0 Å². The van der Waals surface area contributed by atoms with Gasteiger partial charge in [0.05, 0.1) is 4.90 Å². The summed E-state index contributed by atoms with van der Waals surface area (Å²) in [5.74, 6) is 0. The molecule has 0 aliphatic heterocycles. The highest BCUT2D eigenvalue weighted by atomic mass is 32.2. The highest BCUT2D eigenvalue weighted by Gasteiger charge is 2.24. The van der Waals surface area contributed by atoms with Crippen molar-refractivity contribution in [3.05, 3.63) is 29.3 Å². The highest BCUT2D eigenvalue weighted by molar-refractivity contribution is 7.89. The van der Waals surface area contributed by atoms with Crippen LogP contribution in [0.1, 0.15) is 25.0 Å². The summed E-state index contributed by atoms with van der Waals surface area (Å²) in [7, 11) is -1.89. The smallest absolute Gasteiger partial charge is 0.243 e. The van der Waals surface area contributed by atoms with Crippen LogP contribution in [-0.4, -0.2) is 30.8 Å². The maximum absolute atomic E-state index is 12.3. The first-order valence-corrected chi connectivity index (χ1v) is 7.41. The van der Waals surface area contributed by atoms with E-state index in [4.69, 9.17) is 18.0 Å². The quantitative estimate of drug-likeness (QED) is 0.855. The van der Waals surface area contributed by atoms with Crippen LogP contribution in [0.3, 0.4) is 0 Å². The molecule has 0 saturated carbocycles. The van der Waals surface area contributed by atoms with Gasteiger partial charge in [0.2, 0.25) is 10.0 Å². The predicted octanol–water partition coefficient (Wildman–Crippen LogP) is 1.66. The number of benzene rings is 1. The molecule has 0 atom stereocenters. The molecular formula is C12H18N2O2S2. The Morgan fingerprint density at radius 3 is 2.33 bits per heavy atom. The Kier molecular flexibility index (Phi) is 4.47.